The van der Waals surface area contributed by atoms with Gasteiger partial charge < -0.3 is 14.6 Å². The van der Waals surface area contributed by atoms with Crippen LogP contribution < -0.4 is 9.47 Å². The lowest BCUT2D eigenvalue weighted by Crippen LogP contribution is -2.00. The van der Waals surface area contributed by atoms with Crippen molar-refractivity contribution in [3.05, 3.63) is 64.3 Å². The minimum Gasteiger partial charge on any atom is -0.493 e. The Morgan fingerprint density at radius 1 is 1.12 bits per heavy atom. The van der Waals surface area contributed by atoms with Crippen LogP contribution in [-0.2, 0) is 0 Å². The molecule has 0 aliphatic rings. The number of aromatic carboxylic acids is 1. The molecule has 1 aromatic heterocycles. The predicted octanol–water partition coefficient (Wildman–Crippen LogP) is 4.77. The molecule has 0 bridgehead atoms. The van der Waals surface area contributed by atoms with E-state index >= 15 is 0 Å². The van der Waals surface area contributed by atoms with E-state index in [0.29, 0.717) is 33.1 Å². The number of ether oxygens (including phenoxy) is 2. The fourth-order valence-corrected chi connectivity index (χ4v) is 2.97. The maximum Gasteiger partial charge on any atom is 0.336 e. The van der Waals surface area contributed by atoms with Gasteiger partial charge in [0.25, 0.3) is 0 Å². The first-order chi connectivity index (χ1) is 12.5. The highest BCUT2D eigenvalue weighted by Crippen LogP contribution is 2.36. The fourth-order valence-electron chi connectivity index (χ4n) is 2.67. The van der Waals surface area contributed by atoms with E-state index in [-0.39, 0.29) is 5.56 Å². The first kappa shape index (κ1) is 17.8. The molecule has 0 unspecified atom stereocenters. The van der Waals surface area contributed by atoms with Gasteiger partial charge in [0, 0.05) is 5.39 Å². The van der Waals surface area contributed by atoms with E-state index in [2.05, 4.69) is 4.98 Å². The van der Waals surface area contributed by atoms with Gasteiger partial charge in [-0.3, -0.25) is 0 Å². The van der Waals surface area contributed by atoms with Crippen LogP contribution in [0.2, 0.25) is 5.02 Å². The van der Waals surface area contributed by atoms with Crippen molar-refractivity contribution in [2.45, 2.75) is 0 Å². The molecule has 0 radical (unpaired) electrons. The normalized spacial score (nSPS) is 11.0. The van der Waals surface area contributed by atoms with Gasteiger partial charge in [-0.2, -0.15) is 0 Å². The summed E-state index contributed by atoms with van der Waals surface area (Å²) in [6, 6.07) is 12.2. The van der Waals surface area contributed by atoms with Crippen molar-refractivity contribution in [1.29, 1.82) is 0 Å². The number of para-hydroxylation sites is 1. The first-order valence-corrected chi connectivity index (χ1v) is 8.14. The SMILES string of the molecule is COc1cc(C=Cc2cc(C(=O)O)c3ccccc3n2)cc(Cl)c1OC. The van der Waals surface area contributed by atoms with Crippen LogP contribution in [0.5, 0.6) is 11.5 Å². The molecule has 3 aromatic rings. The summed E-state index contributed by atoms with van der Waals surface area (Å²) < 4.78 is 10.5. The van der Waals surface area contributed by atoms with Crippen LogP contribution >= 0.6 is 11.6 Å². The van der Waals surface area contributed by atoms with E-state index in [9.17, 15) is 9.90 Å². The van der Waals surface area contributed by atoms with Crippen molar-refractivity contribution in [3.8, 4) is 11.5 Å². The van der Waals surface area contributed by atoms with Gasteiger partial charge >= 0.3 is 5.97 Å². The molecule has 1 N–H and O–H groups in total. The Balaban J connectivity index is 2.04. The summed E-state index contributed by atoms with van der Waals surface area (Å²) in [6.07, 6.45) is 3.52. The summed E-state index contributed by atoms with van der Waals surface area (Å²) in [4.78, 5) is 16.0. The zero-order chi connectivity index (χ0) is 18.7. The molecule has 0 saturated heterocycles. The summed E-state index contributed by atoms with van der Waals surface area (Å²) in [5.41, 5.74) is 2.14. The zero-order valence-corrected chi connectivity index (χ0v) is 14.9. The second kappa shape index (κ2) is 7.45. The minimum atomic E-state index is -0.993. The van der Waals surface area contributed by atoms with Crippen molar-refractivity contribution >= 4 is 40.6 Å². The Labute approximate surface area is 155 Å². The van der Waals surface area contributed by atoms with E-state index in [1.165, 1.54) is 14.2 Å². The number of methoxy groups -OCH3 is 2. The van der Waals surface area contributed by atoms with Crippen molar-refractivity contribution < 1.29 is 19.4 Å². The summed E-state index contributed by atoms with van der Waals surface area (Å²) >= 11 is 6.21. The van der Waals surface area contributed by atoms with E-state index in [0.717, 1.165) is 5.56 Å². The highest BCUT2D eigenvalue weighted by atomic mass is 35.5. The third-order valence-electron chi connectivity index (χ3n) is 3.87. The molecular weight excluding hydrogens is 354 g/mol. The highest BCUT2D eigenvalue weighted by molar-refractivity contribution is 6.32. The Morgan fingerprint density at radius 3 is 2.58 bits per heavy atom. The molecule has 6 heteroatoms. The van der Waals surface area contributed by atoms with Gasteiger partial charge in [-0.15, -0.1) is 0 Å². The number of fused-ring (bicyclic) bond motifs is 1. The smallest absolute Gasteiger partial charge is 0.336 e. The molecule has 0 atom stereocenters. The highest BCUT2D eigenvalue weighted by Gasteiger charge is 2.11. The third-order valence-corrected chi connectivity index (χ3v) is 4.15. The largest absolute Gasteiger partial charge is 0.493 e. The van der Waals surface area contributed by atoms with Gasteiger partial charge in [0.2, 0.25) is 0 Å². The van der Waals surface area contributed by atoms with Crippen LogP contribution in [0.3, 0.4) is 0 Å². The first-order valence-electron chi connectivity index (χ1n) is 7.76. The molecule has 0 spiro atoms. The van der Waals surface area contributed by atoms with Gasteiger partial charge in [0.1, 0.15) is 0 Å². The number of hydrogen-bond donors (Lipinski definition) is 1. The number of carbonyl (C=O) groups is 1. The van der Waals surface area contributed by atoms with Gasteiger partial charge in [-0.25, -0.2) is 9.78 Å². The molecule has 3 rings (SSSR count). The van der Waals surface area contributed by atoms with E-state index in [1.807, 2.05) is 6.07 Å². The van der Waals surface area contributed by atoms with Gasteiger partial charge in [0.05, 0.1) is 36.0 Å². The molecule has 26 heavy (non-hydrogen) atoms. The number of pyridine rings is 1. The molecule has 0 saturated carbocycles. The number of aromatic nitrogens is 1. The summed E-state index contributed by atoms with van der Waals surface area (Å²) in [7, 11) is 3.05. The van der Waals surface area contributed by atoms with Crippen molar-refractivity contribution in [1.82, 2.24) is 4.98 Å². The molecule has 0 aliphatic carbocycles. The molecule has 2 aromatic carbocycles. The average molecular weight is 370 g/mol. The minimum absolute atomic E-state index is 0.209. The lowest BCUT2D eigenvalue weighted by molar-refractivity contribution is 0.0699. The van der Waals surface area contributed by atoms with Gasteiger partial charge in [-0.1, -0.05) is 35.9 Å². The Kier molecular flexibility index (Phi) is 5.09. The van der Waals surface area contributed by atoms with E-state index < -0.39 is 5.97 Å². The second-order valence-electron chi connectivity index (χ2n) is 5.49. The molecule has 0 amide bonds. The van der Waals surface area contributed by atoms with E-state index in [1.54, 1.807) is 48.6 Å². The summed E-state index contributed by atoms with van der Waals surface area (Å²) in [5, 5.41) is 10.5. The van der Waals surface area contributed by atoms with Gasteiger partial charge in [-0.05, 0) is 35.9 Å². The predicted molar refractivity (Wildman–Crippen MR) is 102 cm³/mol. The van der Waals surface area contributed by atoms with Crippen molar-refractivity contribution in [2.24, 2.45) is 0 Å². The Hall–Kier alpha value is -3.05. The monoisotopic (exact) mass is 369 g/mol. The van der Waals surface area contributed by atoms with E-state index in [4.69, 9.17) is 21.1 Å². The molecule has 132 valence electrons. The average Bonchev–Trinajstić information content (AvgIpc) is 2.64. The van der Waals surface area contributed by atoms with Gasteiger partial charge in [0.15, 0.2) is 11.5 Å². The number of carboxylic acids is 1. The van der Waals surface area contributed by atoms with Crippen LogP contribution in [0, 0.1) is 0 Å². The van der Waals surface area contributed by atoms with Crippen LogP contribution in [0.1, 0.15) is 21.6 Å². The van der Waals surface area contributed by atoms with Crippen molar-refractivity contribution in [3.63, 3.8) is 0 Å². The second-order valence-corrected chi connectivity index (χ2v) is 5.90. The van der Waals surface area contributed by atoms with Crippen molar-refractivity contribution in [2.75, 3.05) is 14.2 Å². The lowest BCUT2D eigenvalue weighted by Gasteiger charge is -2.10. The topological polar surface area (TPSA) is 68.7 Å². The summed E-state index contributed by atoms with van der Waals surface area (Å²) in [5.74, 6) is -0.0203. The lowest BCUT2D eigenvalue weighted by atomic mass is 10.1. The number of hydrogen-bond acceptors (Lipinski definition) is 4. The van der Waals surface area contributed by atoms with Crippen LogP contribution in [-0.4, -0.2) is 30.3 Å². The molecule has 0 aliphatic heterocycles. The molecule has 1 heterocycles. The maximum absolute atomic E-state index is 11.5. The van der Waals surface area contributed by atoms with Crippen LogP contribution in [0.15, 0.2) is 42.5 Å². The Morgan fingerprint density at radius 2 is 1.88 bits per heavy atom. The Bertz CT molecular complexity index is 1010. The number of carboxylic acid groups (broad SMARTS) is 1. The number of benzene rings is 2. The quantitative estimate of drug-likeness (QED) is 0.701. The number of rotatable bonds is 5. The third kappa shape index (κ3) is 3.48. The molecule has 5 nitrogen and oxygen atoms in total. The number of halogens is 1. The van der Waals surface area contributed by atoms with Crippen LogP contribution in [0.25, 0.3) is 23.1 Å². The molecule has 0 fully saturated rings. The zero-order valence-electron chi connectivity index (χ0n) is 14.2. The maximum atomic E-state index is 11.5. The summed E-state index contributed by atoms with van der Waals surface area (Å²) in [6.45, 7) is 0. The standard InChI is InChI=1S/C20H16ClNO4/c1-25-18-10-12(9-16(21)19(18)26-2)7-8-13-11-15(20(23)24)14-5-3-4-6-17(14)22-13/h3-11H,1-2H3,(H,23,24). The molecular formula is C20H16ClNO4. The fraction of sp³-hybridized carbons (Fsp3) is 0.100. The van der Waals surface area contributed by atoms with Crippen LogP contribution in [0.4, 0.5) is 0 Å². The number of nitrogens with zero attached hydrogens (tertiary/aromatic N) is 1.